The van der Waals surface area contributed by atoms with Gasteiger partial charge < -0.3 is 22.7 Å². The van der Waals surface area contributed by atoms with Crippen LogP contribution in [0, 0.1) is 0 Å². The molecule has 0 bridgehead atoms. The Hall–Kier alpha value is -0.630. The second-order valence-corrected chi connectivity index (χ2v) is 5.05. The van der Waals surface area contributed by atoms with E-state index < -0.39 is 18.0 Å². The number of rotatable bonds is 13. The van der Waals surface area contributed by atoms with E-state index in [0.29, 0.717) is 32.2 Å². The third-order valence-electron chi connectivity index (χ3n) is 3.12. The molecule has 1 amide bonds. The fourth-order valence-electron chi connectivity index (χ4n) is 1.93. The Morgan fingerprint density at radius 1 is 0.955 bits per heavy atom. The molecule has 22 heavy (non-hydrogen) atoms. The average Bonchev–Trinajstić information content (AvgIpc) is 2.41. The van der Waals surface area contributed by atoms with Crippen LogP contribution in [-0.2, 0) is 14.4 Å². The van der Waals surface area contributed by atoms with Crippen LogP contribution in [0.25, 0.3) is 0 Å². The summed E-state index contributed by atoms with van der Waals surface area (Å²) in [6.07, 6.45) is 4.99. The molecule has 0 heterocycles. The zero-order valence-electron chi connectivity index (χ0n) is 14.3. The third-order valence-corrected chi connectivity index (χ3v) is 3.12. The van der Waals surface area contributed by atoms with Crippen molar-refractivity contribution < 1.29 is 55.6 Å². The van der Waals surface area contributed by atoms with Crippen LogP contribution in [0.4, 0.5) is 0 Å². The van der Waals surface area contributed by atoms with Gasteiger partial charge in [0.2, 0.25) is 5.91 Å². The summed E-state index contributed by atoms with van der Waals surface area (Å²) >= 11 is 0. The molecular formula is C14H27N2NaO5. The van der Waals surface area contributed by atoms with Crippen molar-refractivity contribution in [3.05, 3.63) is 0 Å². The second kappa shape index (κ2) is 15.3. The number of amides is 1. The molecule has 0 aliphatic heterocycles. The SMILES string of the molecule is NCCCC[C@H](NC(=O)CCCCCCC(=O)O)C(=O)O.[H-].[Na+]. The summed E-state index contributed by atoms with van der Waals surface area (Å²) in [6.45, 7) is 0.511. The molecule has 0 unspecified atom stereocenters. The van der Waals surface area contributed by atoms with E-state index in [-0.39, 0.29) is 49.7 Å². The van der Waals surface area contributed by atoms with E-state index in [9.17, 15) is 14.4 Å². The van der Waals surface area contributed by atoms with Gasteiger partial charge in [0.1, 0.15) is 6.04 Å². The standard InChI is InChI=1S/C14H26N2O5.Na.H/c15-10-6-5-7-11(14(20)21)16-12(17)8-3-1-2-4-9-13(18)19;;/h11H,1-10,15H2,(H,16,17)(H,18,19)(H,20,21);;/q;+1;-1/t11-;;/m0../s1. The van der Waals surface area contributed by atoms with Crippen molar-refractivity contribution in [3.8, 4) is 0 Å². The van der Waals surface area contributed by atoms with Crippen molar-refractivity contribution in [2.75, 3.05) is 6.54 Å². The number of carboxylic acid groups (broad SMARTS) is 2. The predicted octanol–water partition coefficient (Wildman–Crippen LogP) is -1.77. The number of unbranched alkanes of at least 4 members (excludes halogenated alkanes) is 4. The molecule has 0 fully saturated rings. The summed E-state index contributed by atoms with van der Waals surface area (Å²) < 4.78 is 0. The number of carbonyl (C=O) groups excluding carboxylic acids is 1. The van der Waals surface area contributed by atoms with Crippen LogP contribution in [0.2, 0.25) is 0 Å². The molecule has 0 saturated carbocycles. The summed E-state index contributed by atoms with van der Waals surface area (Å²) in [6, 6.07) is -0.851. The van der Waals surface area contributed by atoms with E-state index in [1.807, 2.05) is 0 Å². The van der Waals surface area contributed by atoms with Gasteiger partial charge in [-0.1, -0.05) is 12.8 Å². The maximum atomic E-state index is 11.6. The van der Waals surface area contributed by atoms with Crippen LogP contribution in [0.5, 0.6) is 0 Å². The molecule has 0 aliphatic rings. The molecule has 5 N–H and O–H groups in total. The number of hydrogen-bond donors (Lipinski definition) is 4. The van der Waals surface area contributed by atoms with Crippen molar-refractivity contribution in [1.82, 2.24) is 5.32 Å². The van der Waals surface area contributed by atoms with Crippen LogP contribution in [0.15, 0.2) is 0 Å². The molecule has 1 atom stereocenters. The van der Waals surface area contributed by atoms with Crippen LogP contribution in [-0.4, -0.2) is 40.6 Å². The van der Waals surface area contributed by atoms with Crippen LogP contribution in [0.1, 0.15) is 59.2 Å². The fourth-order valence-corrected chi connectivity index (χ4v) is 1.93. The van der Waals surface area contributed by atoms with E-state index >= 15 is 0 Å². The molecule has 0 spiro atoms. The van der Waals surface area contributed by atoms with Crippen LogP contribution >= 0.6 is 0 Å². The van der Waals surface area contributed by atoms with Crippen LogP contribution < -0.4 is 40.6 Å². The quantitative estimate of drug-likeness (QED) is 0.234. The Morgan fingerprint density at radius 2 is 1.55 bits per heavy atom. The Balaban J connectivity index is -0.00000200. The van der Waals surface area contributed by atoms with E-state index in [1.165, 1.54) is 0 Å². The molecule has 0 aliphatic carbocycles. The fraction of sp³-hybridized carbons (Fsp3) is 0.786. The molecule has 8 heteroatoms. The van der Waals surface area contributed by atoms with Gasteiger partial charge in [-0.15, -0.1) is 0 Å². The minimum absolute atomic E-state index is 0. The monoisotopic (exact) mass is 326 g/mol. The van der Waals surface area contributed by atoms with Gasteiger partial charge >= 0.3 is 41.5 Å². The molecule has 0 aromatic heterocycles. The zero-order valence-corrected chi connectivity index (χ0v) is 15.3. The van der Waals surface area contributed by atoms with Crippen molar-refractivity contribution >= 4 is 17.8 Å². The van der Waals surface area contributed by atoms with Gasteiger partial charge in [0.25, 0.3) is 0 Å². The zero-order chi connectivity index (χ0) is 16.1. The van der Waals surface area contributed by atoms with Gasteiger partial charge in [-0.2, -0.15) is 0 Å². The minimum Gasteiger partial charge on any atom is -1.00 e. The van der Waals surface area contributed by atoms with Crippen molar-refractivity contribution in [2.24, 2.45) is 5.73 Å². The predicted molar refractivity (Wildman–Crippen MR) is 78.9 cm³/mol. The largest absolute Gasteiger partial charge is 1.00 e. The molecule has 124 valence electrons. The molecule has 0 saturated heterocycles. The molecule has 0 rings (SSSR count). The second-order valence-electron chi connectivity index (χ2n) is 5.05. The maximum Gasteiger partial charge on any atom is 1.00 e. The summed E-state index contributed by atoms with van der Waals surface area (Å²) in [4.78, 5) is 33.0. The Bertz CT molecular complexity index is 345. The first kappa shape index (κ1) is 23.6. The van der Waals surface area contributed by atoms with E-state index in [2.05, 4.69) is 5.32 Å². The van der Waals surface area contributed by atoms with E-state index in [4.69, 9.17) is 15.9 Å². The van der Waals surface area contributed by atoms with Gasteiger partial charge in [0.15, 0.2) is 0 Å². The Labute approximate surface area is 154 Å². The van der Waals surface area contributed by atoms with Gasteiger partial charge in [-0.05, 0) is 38.6 Å². The minimum atomic E-state index is -1.03. The van der Waals surface area contributed by atoms with E-state index in [1.54, 1.807) is 0 Å². The summed E-state index contributed by atoms with van der Waals surface area (Å²) in [5.41, 5.74) is 5.34. The smallest absolute Gasteiger partial charge is 1.00 e. The van der Waals surface area contributed by atoms with Gasteiger partial charge in [-0.25, -0.2) is 4.79 Å². The normalized spacial score (nSPS) is 11.3. The first-order chi connectivity index (χ1) is 9.97. The Morgan fingerprint density at radius 3 is 2.05 bits per heavy atom. The maximum absolute atomic E-state index is 11.6. The Kier molecular flexibility index (Phi) is 16.4. The van der Waals surface area contributed by atoms with Gasteiger partial charge in [-0.3, -0.25) is 9.59 Å². The summed E-state index contributed by atoms with van der Waals surface area (Å²) in [5.74, 6) is -2.11. The molecule has 0 radical (unpaired) electrons. The topological polar surface area (TPSA) is 130 Å². The number of carbonyl (C=O) groups is 3. The number of nitrogens with two attached hydrogens (primary N) is 1. The van der Waals surface area contributed by atoms with Crippen molar-refractivity contribution in [2.45, 2.75) is 63.8 Å². The molecule has 7 nitrogen and oxygen atoms in total. The number of nitrogens with one attached hydrogen (secondary N) is 1. The molecule has 0 aromatic carbocycles. The van der Waals surface area contributed by atoms with E-state index in [0.717, 1.165) is 19.3 Å². The van der Waals surface area contributed by atoms with Gasteiger partial charge in [0.05, 0.1) is 0 Å². The average molecular weight is 326 g/mol. The number of aliphatic carboxylic acids is 2. The molecular weight excluding hydrogens is 299 g/mol. The van der Waals surface area contributed by atoms with Crippen LogP contribution in [0.3, 0.4) is 0 Å². The first-order valence-electron chi connectivity index (χ1n) is 7.41. The van der Waals surface area contributed by atoms with Crippen molar-refractivity contribution in [3.63, 3.8) is 0 Å². The molecule has 0 aromatic rings. The first-order valence-corrected chi connectivity index (χ1v) is 7.41. The van der Waals surface area contributed by atoms with Gasteiger partial charge in [0, 0.05) is 12.8 Å². The number of hydrogen-bond acceptors (Lipinski definition) is 4. The third kappa shape index (κ3) is 14.3. The van der Waals surface area contributed by atoms with Crippen molar-refractivity contribution in [1.29, 1.82) is 0 Å². The summed E-state index contributed by atoms with van der Waals surface area (Å²) in [5, 5.41) is 20.0. The number of carboxylic acids is 2. The summed E-state index contributed by atoms with van der Waals surface area (Å²) in [7, 11) is 0.